The molecule has 2 N–H and O–H groups in total. The summed E-state index contributed by atoms with van der Waals surface area (Å²) in [5, 5.41) is 6.80. The number of carbonyl (C=O) groups is 1. The molecule has 1 aromatic carbocycles. The monoisotopic (exact) mass is 338 g/mol. The number of nitrogens with zero attached hydrogens (tertiary/aromatic N) is 2. The Morgan fingerprint density at radius 2 is 1.65 bits per heavy atom. The summed E-state index contributed by atoms with van der Waals surface area (Å²) in [6, 6.07) is 3.80. The molecule has 0 saturated heterocycles. The summed E-state index contributed by atoms with van der Waals surface area (Å²) in [7, 11) is 0. The number of rotatable bonds is 3. The third kappa shape index (κ3) is 4.44. The molecule has 2 aromatic rings. The molecule has 0 saturated carbocycles. The molecular weight excluding hydrogens is 330 g/mol. The average Bonchev–Trinajstić information content (AvgIpc) is 2.86. The van der Waals surface area contributed by atoms with Crippen LogP contribution in [0.25, 0.3) is 0 Å². The Morgan fingerprint density at radius 3 is 2.13 bits per heavy atom. The second kappa shape index (κ2) is 5.89. The number of amides is 1. The Balaban J connectivity index is 1.98. The fourth-order valence-corrected chi connectivity index (χ4v) is 1.61. The highest BCUT2D eigenvalue weighted by molar-refractivity contribution is 5.90. The van der Waals surface area contributed by atoms with Gasteiger partial charge in [0, 0.05) is 0 Å². The smallest absolute Gasteiger partial charge is 0.293 e. The van der Waals surface area contributed by atoms with Crippen LogP contribution in [0.5, 0.6) is 0 Å². The van der Waals surface area contributed by atoms with Crippen LogP contribution in [0.4, 0.5) is 32.3 Å². The van der Waals surface area contributed by atoms with Crippen molar-refractivity contribution in [2.45, 2.75) is 18.8 Å². The first kappa shape index (κ1) is 16.8. The molecule has 0 aliphatic carbocycles. The summed E-state index contributed by atoms with van der Waals surface area (Å²) < 4.78 is 74.0. The Morgan fingerprint density at radius 1 is 1.04 bits per heavy atom. The van der Waals surface area contributed by atoms with Crippen LogP contribution in [0.15, 0.2) is 24.3 Å². The maximum absolute atomic E-state index is 12.4. The van der Waals surface area contributed by atoms with E-state index in [1.54, 1.807) is 5.10 Å². The molecule has 0 fully saturated rings. The molecule has 0 radical (unpaired) electrons. The van der Waals surface area contributed by atoms with Gasteiger partial charge in [-0.3, -0.25) is 15.2 Å². The van der Waals surface area contributed by atoms with Crippen molar-refractivity contribution in [3.63, 3.8) is 0 Å². The highest BCUT2D eigenvalue weighted by Gasteiger charge is 2.35. The van der Waals surface area contributed by atoms with E-state index in [4.69, 9.17) is 0 Å². The van der Waals surface area contributed by atoms with Crippen molar-refractivity contribution in [1.29, 1.82) is 0 Å². The normalized spacial score (nSPS) is 12.3. The van der Waals surface area contributed by atoms with E-state index in [0.29, 0.717) is 0 Å². The van der Waals surface area contributed by atoms with Gasteiger partial charge in [-0.05, 0) is 17.7 Å². The predicted molar refractivity (Wildman–Crippen MR) is 65.2 cm³/mol. The number of aromatic amines is 1. The molecule has 0 bridgehead atoms. The highest BCUT2D eigenvalue weighted by atomic mass is 19.4. The Labute approximate surface area is 124 Å². The molecule has 124 valence electrons. The van der Waals surface area contributed by atoms with Crippen molar-refractivity contribution in [3.8, 4) is 0 Å². The predicted octanol–water partition coefficient (Wildman–Crippen LogP) is 3.02. The molecule has 1 heterocycles. The summed E-state index contributed by atoms with van der Waals surface area (Å²) in [5.41, 5.74) is -0.618. The van der Waals surface area contributed by atoms with E-state index in [1.807, 2.05) is 5.32 Å². The topological polar surface area (TPSA) is 70.7 Å². The Kier molecular flexibility index (Phi) is 4.30. The zero-order valence-electron chi connectivity index (χ0n) is 11.1. The molecule has 0 unspecified atom stereocenters. The van der Waals surface area contributed by atoms with Crippen LogP contribution < -0.4 is 5.32 Å². The molecule has 0 aliphatic rings. The summed E-state index contributed by atoms with van der Waals surface area (Å²) in [6.07, 6.45) is -9.56. The maximum Gasteiger partial charge on any atom is 0.451 e. The van der Waals surface area contributed by atoms with E-state index < -0.39 is 35.6 Å². The van der Waals surface area contributed by atoms with Gasteiger partial charge in [0.2, 0.25) is 17.7 Å². The Hall–Kier alpha value is -2.59. The number of anilines is 1. The van der Waals surface area contributed by atoms with Crippen LogP contribution in [0, 0.1) is 0 Å². The molecule has 11 heteroatoms. The van der Waals surface area contributed by atoms with Gasteiger partial charge in [0.15, 0.2) is 0 Å². The molecule has 0 atom stereocenters. The van der Waals surface area contributed by atoms with Gasteiger partial charge in [0.1, 0.15) is 0 Å². The standard InChI is InChI=1S/C12H8F6N4O/c13-11(14,15)7-3-1-6(2-4-7)5-8(23)19-10-20-9(21-22-10)12(16,17)18/h1-4H,5H2,(H2,19,20,21,22,23). The van der Waals surface area contributed by atoms with E-state index in [9.17, 15) is 31.1 Å². The summed E-state index contributed by atoms with van der Waals surface area (Å²) in [6.45, 7) is 0. The molecular formula is C12H8F6N4O. The summed E-state index contributed by atoms with van der Waals surface area (Å²) in [4.78, 5) is 14.7. The number of H-pyrrole nitrogens is 1. The number of alkyl halides is 6. The van der Waals surface area contributed by atoms with E-state index in [2.05, 4.69) is 10.1 Å². The first-order valence-corrected chi connectivity index (χ1v) is 6.01. The van der Waals surface area contributed by atoms with Crippen LogP contribution in [0.1, 0.15) is 17.0 Å². The quantitative estimate of drug-likeness (QED) is 0.845. The number of nitrogens with one attached hydrogen (secondary N) is 2. The SMILES string of the molecule is O=C(Cc1ccc(C(F)(F)F)cc1)Nc1n[nH]c(C(F)(F)F)n1. The maximum atomic E-state index is 12.4. The highest BCUT2D eigenvalue weighted by Crippen LogP contribution is 2.29. The van der Waals surface area contributed by atoms with Crippen molar-refractivity contribution in [2.24, 2.45) is 0 Å². The van der Waals surface area contributed by atoms with Crippen molar-refractivity contribution >= 4 is 11.9 Å². The van der Waals surface area contributed by atoms with Gasteiger partial charge >= 0.3 is 12.4 Å². The van der Waals surface area contributed by atoms with E-state index in [0.717, 1.165) is 24.3 Å². The summed E-state index contributed by atoms with van der Waals surface area (Å²) >= 11 is 0. The molecule has 23 heavy (non-hydrogen) atoms. The van der Waals surface area contributed by atoms with Gasteiger partial charge in [0.25, 0.3) is 0 Å². The average molecular weight is 338 g/mol. The first-order valence-electron chi connectivity index (χ1n) is 6.01. The van der Waals surface area contributed by atoms with Crippen LogP contribution in [0.3, 0.4) is 0 Å². The minimum absolute atomic E-state index is 0.252. The number of hydrogen-bond acceptors (Lipinski definition) is 3. The molecule has 1 amide bonds. The number of aromatic nitrogens is 3. The van der Waals surface area contributed by atoms with Gasteiger partial charge < -0.3 is 0 Å². The second-order valence-corrected chi connectivity index (χ2v) is 4.43. The lowest BCUT2D eigenvalue weighted by Gasteiger charge is -2.07. The van der Waals surface area contributed by atoms with Crippen LogP contribution >= 0.6 is 0 Å². The summed E-state index contributed by atoms with van der Waals surface area (Å²) in [5.74, 6) is -2.71. The molecule has 0 aliphatic heterocycles. The van der Waals surface area contributed by atoms with Crippen molar-refractivity contribution in [2.75, 3.05) is 5.32 Å². The number of benzene rings is 1. The largest absolute Gasteiger partial charge is 0.451 e. The van der Waals surface area contributed by atoms with Crippen LogP contribution in [-0.4, -0.2) is 21.1 Å². The zero-order valence-corrected chi connectivity index (χ0v) is 11.1. The van der Waals surface area contributed by atoms with E-state index in [1.165, 1.54) is 0 Å². The zero-order chi connectivity index (χ0) is 17.3. The minimum Gasteiger partial charge on any atom is -0.293 e. The number of carbonyl (C=O) groups excluding carboxylic acids is 1. The van der Waals surface area contributed by atoms with Gasteiger partial charge in [-0.25, -0.2) is 0 Å². The van der Waals surface area contributed by atoms with Crippen molar-refractivity contribution < 1.29 is 31.1 Å². The van der Waals surface area contributed by atoms with Crippen molar-refractivity contribution in [3.05, 3.63) is 41.2 Å². The minimum atomic E-state index is -4.73. The molecule has 5 nitrogen and oxygen atoms in total. The van der Waals surface area contributed by atoms with Gasteiger partial charge in [-0.1, -0.05) is 12.1 Å². The van der Waals surface area contributed by atoms with E-state index in [-0.39, 0.29) is 12.0 Å². The molecule has 2 rings (SSSR count). The van der Waals surface area contributed by atoms with Crippen molar-refractivity contribution in [1.82, 2.24) is 15.2 Å². The molecule has 0 spiro atoms. The molecule has 1 aromatic heterocycles. The fraction of sp³-hybridized carbons (Fsp3) is 0.250. The first-order chi connectivity index (χ1) is 10.6. The Bertz CT molecular complexity index is 689. The van der Waals surface area contributed by atoms with Gasteiger partial charge in [-0.15, -0.1) is 5.10 Å². The third-order valence-corrected chi connectivity index (χ3v) is 2.65. The second-order valence-electron chi connectivity index (χ2n) is 4.43. The number of hydrogen-bond donors (Lipinski definition) is 2. The van der Waals surface area contributed by atoms with Crippen LogP contribution in [-0.2, 0) is 23.6 Å². The lowest BCUT2D eigenvalue weighted by Crippen LogP contribution is -2.16. The van der Waals surface area contributed by atoms with Gasteiger partial charge in [-0.2, -0.15) is 31.3 Å². The fourth-order valence-electron chi connectivity index (χ4n) is 1.61. The van der Waals surface area contributed by atoms with Crippen LogP contribution in [0.2, 0.25) is 0 Å². The lowest BCUT2D eigenvalue weighted by molar-refractivity contribution is -0.144. The van der Waals surface area contributed by atoms with E-state index >= 15 is 0 Å². The third-order valence-electron chi connectivity index (χ3n) is 2.65. The number of halogens is 6. The lowest BCUT2D eigenvalue weighted by atomic mass is 10.1. The van der Waals surface area contributed by atoms with Gasteiger partial charge in [0.05, 0.1) is 12.0 Å².